The van der Waals surface area contributed by atoms with Gasteiger partial charge < -0.3 is 20.7 Å². The number of hydrogen-bond acceptors (Lipinski definition) is 6. The highest BCUT2D eigenvalue weighted by Crippen LogP contribution is 2.35. The van der Waals surface area contributed by atoms with Crippen LogP contribution in [-0.2, 0) is 16.9 Å². The molecule has 2 aliphatic heterocycles. The van der Waals surface area contributed by atoms with Gasteiger partial charge in [-0.25, -0.2) is 9.97 Å². The van der Waals surface area contributed by atoms with Crippen LogP contribution in [-0.4, -0.2) is 56.5 Å². The third-order valence-electron chi connectivity index (χ3n) is 7.80. The van der Waals surface area contributed by atoms with Crippen molar-refractivity contribution >= 4 is 22.8 Å². The van der Waals surface area contributed by atoms with E-state index in [1.807, 2.05) is 65.6 Å². The Morgan fingerprint density at radius 1 is 1.03 bits per heavy atom. The van der Waals surface area contributed by atoms with Crippen LogP contribution in [0.25, 0.3) is 22.4 Å². The molecular formula is C30H36N6O2. The molecule has 0 saturated carbocycles. The smallest absolute Gasteiger partial charge is 0.240 e. The summed E-state index contributed by atoms with van der Waals surface area (Å²) in [6.07, 6.45) is 3.01. The molecule has 8 nitrogen and oxygen atoms in total. The Hall–Kier alpha value is -3.75. The number of nitrogens with two attached hydrogens (primary N) is 1. The molecule has 38 heavy (non-hydrogen) atoms. The van der Waals surface area contributed by atoms with E-state index < -0.39 is 5.60 Å². The zero-order chi connectivity index (χ0) is 25.4. The molecule has 2 aliphatic rings. The van der Waals surface area contributed by atoms with Gasteiger partial charge in [0.25, 0.3) is 0 Å². The lowest BCUT2D eigenvalue weighted by Crippen LogP contribution is -2.42. The van der Waals surface area contributed by atoms with Crippen LogP contribution < -0.4 is 10.6 Å². The maximum Gasteiger partial charge on any atom is 0.240 e. The highest BCUT2D eigenvalue weighted by molar-refractivity contribution is 5.93. The Kier molecular flexibility index (Phi) is 7.19. The molecule has 4 aromatic rings. The van der Waals surface area contributed by atoms with Crippen molar-refractivity contribution in [3.05, 3.63) is 78.0 Å². The standard InChI is InChI=1S/C29H32N6O2.CH4/c30-25(36)24-12-7-15-35(24)28-23-18-22(31-27(23)32-26(33-28)20-8-3-1-4-9-20)19-34-16-13-29(37,14-17-34)21-10-5-2-6-11-21;/h1-6,8-11,18,24,37H,7,12-17,19H2,(H2,30,36)(H,31,32,33);1H4/t24-;/m1./s1. The van der Waals surface area contributed by atoms with E-state index in [0.29, 0.717) is 18.7 Å². The van der Waals surface area contributed by atoms with Gasteiger partial charge in [-0.1, -0.05) is 68.1 Å². The number of nitrogens with zero attached hydrogens (tertiary/aromatic N) is 4. The second kappa shape index (κ2) is 10.6. The summed E-state index contributed by atoms with van der Waals surface area (Å²) in [7, 11) is 0. The van der Waals surface area contributed by atoms with E-state index in [2.05, 4.69) is 16.0 Å². The first kappa shape index (κ1) is 25.9. The number of H-pyrrole nitrogens is 1. The molecule has 0 aliphatic carbocycles. The fourth-order valence-corrected chi connectivity index (χ4v) is 5.74. The molecule has 0 radical (unpaired) electrons. The lowest BCUT2D eigenvalue weighted by Gasteiger charge is -2.38. The molecule has 6 rings (SSSR count). The van der Waals surface area contributed by atoms with Crippen LogP contribution in [0.5, 0.6) is 0 Å². The number of hydrogen-bond donors (Lipinski definition) is 3. The molecule has 4 heterocycles. The Morgan fingerprint density at radius 2 is 1.71 bits per heavy atom. The average Bonchev–Trinajstić information content (AvgIpc) is 3.58. The van der Waals surface area contributed by atoms with Gasteiger partial charge in [-0.05, 0) is 37.3 Å². The van der Waals surface area contributed by atoms with Crippen LogP contribution in [0.3, 0.4) is 0 Å². The topological polar surface area (TPSA) is 111 Å². The predicted octanol–water partition coefficient (Wildman–Crippen LogP) is 4.20. The van der Waals surface area contributed by atoms with E-state index >= 15 is 0 Å². The van der Waals surface area contributed by atoms with Gasteiger partial charge in [-0.3, -0.25) is 9.69 Å². The van der Waals surface area contributed by atoms with Crippen molar-refractivity contribution in [3.8, 4) is 11.4 Å². The van der Waals surface area contributed by atoms with E-state index in [1.54, 1.807) is 0 Å². The summed E-state index contributed by atoms with van der Waals surface area (Å²) in [5.74, 6) is 1.06. The first-order valence-electron chi connectivity index (χ1n) is 13.0. The van der Waals surface area contributed by atoms with Gasteiger partial charge in [0.05, 0.1) is 11.0 Å². The van der Waals surface area contributed by atoms with Crippen molar-refractivity contribution in [3.63, 3.8) is 0 Å². The zero-order valence-electron chi connectivity index (χ0n) is 20.8. The largest absolute Gasteiger partial charge is 0.385 e. The number of aromatic amines is 1. The van der Waals surface area contributed by atoms with Gasteiger partial charge in [-0.2, -0.15) is 0 Å². The minimum absolute atomic E-state index is 0. The Morgan fingerprint density at radius 3 is 2.39 bits per heavy atom. The van der Waals surface area contributed by atoms with Crippen molar-refractivity contribution < 1.29 is 9.90 Å². The highest BCUT2D eigenvalue weighted by atomic mass is 16.3. The van der Waals surface area contributed by atoms with Crippen LogP contribution in [0.2, 0.25) is 0 Å². The normalized spacial score (nSPS) is 19.4. The first-order chi connectivity index (χ1) is 18.0. The van der Waals surface area contributed by atoms with Crippen LogP contribution >= 0.6 is 0 Å². The SMILES string of the molecule is C.NC(=O)[C@H]1CCCN1c1nc(-c2ccccc2)nc2[nH]c(CN3CCC(O)(c4ccccc4)CC3)cc12. The second-order valence-corrected chi connectivity index (χ2v) is 10.2. The maximum atomic E-state index is 12.2. The Bertz CT molecular complexity index is 1400. The lowest BCUT2D eigenvalue weighted by molar-refractivity contribution is -0.119. The minimum Gasteiger partial charge on any atom is -0.385 e. The van der Waals surface area contributed by atoms with Gasteiger partial charge in [0.1, 0.15) is 17.5 Å². The minimum atomic E-state index is -0.777. The quantitative estimate of drug-likeness (QED) is 0.357. The van der Waals surface area contributed by atoms with Gasteiger partial charge in [0.2, 0.25) is 5.91 Å². The van der Waals surface area contributed by atoms with E-state index in [9.17, 15) is 9.90 Å². The fourth-order valence-electron chi connectivity index (χ4n) is 5.74. The van der Waals surface area contributed by atoms with Crippen LogP contribution in [0, 0.1) is 0 Å². The molecule has 2 saturated heterocycles. The second-order valence-electron chi connectivity index (χ2n) is 10.2. The molecule has 2 aromatic heterocycles. The molecule has 0 spiro atoms. The number of likely N-dealkylation sites (tertiary alicyclic amines) is 1. The van der Waals surface area contributed by atoms with E-state index in [4.69, 9.17) is 15.7 Å². The van der Waals surface area contributed by atoms with Crippen molar-refractivity contribution in [2.75, 3.05) is 24.5 Å². The number of benzene rings is 2. The van der Waals surface area contributed by atoms with E-state index in [-0.39, 0.29) is 19.4 Å². The number of nitrogens with one attached hydrogen (secondary N) is 1. The molecule has 198 valence electrons. The number of carbonyl (C=O) groups excluding carboxylic acids is 1. The van der Waals surface area contributed by atoms with E-state index in [1.165, 1.54) is 0 Å². The number of anilines is 1. The molecule has 0 unspecified atom stereocenters. The van der Waals surface area contributed by atoms with Crippen molar-refractivity contribution in [1.82, 2.24) is 19.9 Å². The van der Waals surface area contributed by atoms with Crippen molar-refractivity contribution in [2.45, 2.75) is 51.3 Å². The number of amides is 1. The van der Waals surface area contributed by atoms with Crippen LogP contribution in [0.15, 0.2) is 66.7 Å². The summed E-state index contributed by atoms with van der Waals surface area (Å²) in [4.78, 5) is 29.9. The summed E-state index contributed by atoms with van der Waals surface area (Å²) < 4.78 is 0. The molecule has 4 N–H and O–H groups in total. The summed E-state index contributed by atoms with van der Waals surface area (Å²) in [5, 5.41) is 12.1. The predicted molar refractivity (Wildman–Crippen MR) is 150 cm³/mol. The first-order valence-corrected chi connectivity index (χ1v) is 13.0. The van der Waals surface area contributed by atoms with Gasteiger partial charge in [-0.15, -0.1) is 0 Å². The molecule has 2 aromatic carbocycles. The monoisotopic (exact) mass is 512 g/mol. The maximum absolute atomic E-state index is 12.2. The average molecular weight is 513 g/mol. The molecule has 0 bridgehead atoms. The summed E-state index contributed by atoms with van der Waals surface area (Å²) in [6, 6.07) is 21.6. The van der Waals surface area contributed by atoms with Crippen molar-refractivity contribution in [2.24, 2.45) is 5.73 Å². The number of fused-ring (bicyclic) bond motifs is 1. The summed E-state index contributed by atoms with van der Waals surface area (Å²) in [6.45, 7) is 3.05. The summed E-state index contributed by atoms with van der Waals surface area (Å²) >= 11 is 0. The molecule has 8 heteroatoms. The number of aliphatic hydroxyl groups is 1. The van der Waals surface area contributed by atoms with Gasteiger partial charge >= 0.3 is 0 Å². The fraction of sp³-hybridized carbons (Fsp3) is 0.367. The summed E-state index contributed by atoms with van der Waals surface area (Å²) in [5.41, 5.74) is 8.68. The molecular weight excluding hydrogens is 476 g/mol. The van der Waals surface area contributed by atoms with E-state index in [0.717, 1.165) is 72.7 Å². The van der Waals surface area contributed by atoms with Gasteiger partial charge in [0, 0.05) is 37.4 Å². The van der Waals surface area contributed by atoms with Crippen LogP contribution in [0.1, 0.15) is 44.4 Å². The number of primary amides is 1. The zero-order valence-corrected chi connectivity index (χ0v) is 20.8. The number of rotatable bonds is 6. The van der Waals surface area contributed by atoms with Crippen LogP contribution in [0.4, 0.5) is 5.82 Å². The molecule has 1 amide bonds. The Labute approximate surface area is 223 Å². The molecule has 1 atom stereocenters. The lowest BCUT2D eigenvalue weighted by atomic mass is 9.84. The third-order valence-corrected chi connectivity index (χ3v) is 7.80. The number of carbonyl (C=O) groups is 1. The Balaban J connectivity index is 0.00000294. The third kappa shape index (κ3) is 4.89. The van der Waals surface area contributed by atoms with Crippen molar-refractivity contribution in [1.29, 1.82) is 0 Å². The molecule has 2 fully saturated rings. The number of piperidine rings is 1. The number of aromatic nitrogens is 3. The van der Waals surface area contributed by atoms with Gasteiger partial charge in [0.15, 0.2) is 5.82 Å². The highest BCUT2D eigenvalue weighted by Gasteiger charge is 2.35.